The van der Waals surface area contributed by atoms with Crippen LogP contribution in [0.5, 0.6) is 0 Å². The molecular weight excluding hydrogens is 330 g/mol. The largest absolute Gasteiger partial charge is 0.453 e. The predicted octanol–water partition coefficient (Wildman–Crippen LogP) is 4.24. The van der Waals surface area contributed by atoms with Crippen LogP contribution in [0.3, 0.4) is 0 Å². The quantitative estimate of drug-likeness (QED) is 0.762. The Morgan fingerprint density at radius 1 is 1.43 bits per heavy atom. The molecule has 2 rings (SSSR count). The smallest absolute Gasteiger partial charge is 0.193 e. The van der Waals surface area contributed by atoms with Gasteiger partial charge in [-0.2, -0.15) is 0 Å². The van der Waals surface area contributed by atoms with Gasteiger partial charge in [0.2, 0.25) is 0 Å². The molecular formula is C17H24BrNO2. The number of hydrogen-bond donors (Lipinski definition) is 0. The zero-order chi connectivity index (χ0) is 15.9. The van der Waals surface area contributed by atoms with Crippen molar-refractivity contribution in [3.63, 3.8) is 0 Å². The second-order valence-electron chi connectivity index (χ2n) is 7.01. The van der Waals surface area contributed by atoms with Crippen LogP contribution >= 0.6 is 15.9 Å². The van der Waals surface area contributed by atoms with E-state index in [0.29, 0.717) is 10.6 Å². The highest BCUT2D eigenvalue weighted by molar-refractivity contribution is 9.10. The van der Waals surface area contributed by atoms with Gasteiger partial charge in [0.25, 0.3) is 0 Å². The van der Waals surface area contributed by atoms with E-state index in [4.69, 9.17) is 4.42 Å². The number of nitrogens with zero attached hydrogens (tertiary/aromatic N) is 1. The Morgan fingerprint density at radius 3 is 2.62 bits per heavy atom. The van der Waals surface area contributed by atoms with Crippen molar-refractivity contribution in [1.29, 1.82) is 0 Å². The molecule has 0 bridgehead atoms. The fourth-order valence-corrected chi connectivity index (χ4v) is 3.51. The fraction of sp³-hybridized carbons (Fsp3) is 0.588. The highest BCUT2D eigenvalue weighted by Crippen LogP contribution is 2.43. The summed E-state index contributed by atoms with van der Waals surface area (Å²) in [6, 6.07) is 0. The third-order valence-corrected chi connectivity index (χ3v) is 4.83. The van der Waals surface area contributed by atoms with Crippen LogP contribution in [0.25, 0.3) is 0 Å². The van der Waals surface area contributed by atoms with Gasteiger partial charge in [0.15, 0.2) is 10.5 Å². The van der Waals surface area contributed by atoms with Gasteiger partial charge in [-0.25, -0.2) is 0 Å². The minimum absolute atomic E-state index is 0.124. The SMILES string of the molecule is Cc1c(Br)oc2c1C(=O)/C(=C/[C@H](C)CN(C)C)C(C)(C)C2. The summed E-state index contributed by atoms with van der Waals surface area (Å²) in [5, 5.41) is 0. The van der Waals surface area contributed by atoms with Crippen molar-refractivity contribution in [3.05, 3.63) is 33.2 Å². The second kappa shape index (κ2) is 5.73. The molecule has 0 aromatic carbocycles. The van der Waals surface area contributed by atoms with Crippen LogP contribution in [0.4, 0.5) is 0 Å². The predicted molar refractivity (Wildman–Crippen MR) is 88.8 cm³/mol. The zero-order valence-corrected chi connectivity index (χ0v) is 15.3. The summed E-state index contributed by atoms with van der Waals surface area (Å²) >= 11 is 3.40. The normalized spacial score (nSPS) is 21.0. The molecule has 3 nitrogen and oxygen atoms in total. The first-order chi connectivity index (χ1) is 9.63. The molecule has 0 aliphatic heterocycles. The van der Waals surface area contributed by atoms with Gasteiger partial charge in [-0.1, -0.05) is 26.8 Å². The van der Waals surface area contributed by atoms with E-state index in [9.17, 15) is 4.79 Å². The van der Waals surface area contributed by atoms with Crippen LogP contribution in [0.15, 0.2) is 20.7 Å². The Hall–Kier alpha value is -0.870. The lowest BCUT2D eigenvalue weighted by Crippen LogP contribution is -2.31. The number of ketones is 1. The van der Waals surface area contributed by atoms with Crippen LogP contribution in [0, 0.1) is 18.3 Å². The molecule has 4 heteroatoms. The van der Waals surface area contributed by atoms with E-state index in [2.05, 4.69) is 61.8 Å². The summed E-state index contributed by atoms with van der Waals surface area (Å²) in [4.78, 5) is 15.1. The van der Waals surface area contributed by atoms with Crippen LogP contribution in [0.1, 0.15) is 42.5 Å². The number of hydrogen-bond acceptors (Lipinski definition) is 3. The number of allylic oxidation sites excluding steroid dienone is 1. The van der Waals surface area contributed by atoms with E-state index in [1.165, 1.54) is 0 Å². The third kappa shape index (κ3) is 3.16. The monoisotopic (exact) mass is 353 g/mol. The maximum absolute atomic E-state index is 12.9. The Labute approximate surface area is 135 Å². The first kappa shape index (κ1) is 16.5. The topological polar surface area (TPSA) is 33.5 Å². The van der Waals surface area contributed by atoms with Crippen molar-refractivity contribution in [1.82, 2.24) is 4.90 Å². The fourth-order valence-electron chi connectivity index (χ4n) is 3.12. The highest BCUT2D eigenvalue weighted by atomic mass is 79.9. The number of fused-ring (bicyclic) bond motifs is 1. The van der Waals surface area contributed by atoms with Gasteiger partial charge in [0, 0.05) is 29.5 Å². The first-order valence-corrected chi connectivity index (χ1v) is 8.12. The molecule has 1 aliphatic carbocycles. The van der Waals surface area contributed by atoms with E-state index < -0.39 is 0 Å². The van der Waals surface area contributed by atoms with Gasteiger partial charge in [-0.3, -0.25) is 4.79 Å². The molecule has 0 saturated heterocycles. The summed E-state index contributed by atoms with van der Waals surface area (Å²) in [6.45, 7) is 9.27. The van der Waals surface area contributed by atoms with Gasteiger partial charge < -0.3 is 9.32 Å². The van der Waals surface area contributed by atoms with Crippen molar-refractivity contribution < 1.29 is 9.21 Å². The Morgan fingerprint density at radius 2 is 2.05 bits per heavy atom. The molecule has 0 amide bonds. The molecule has 1 aliphatic rings. The van der Waals surface area contributed by atoms with Crippen LogP contribution in [0.2, 0.25) is 0 Å². The Balaban J connectivity index is 2.45. The molecule has 1 atom stereocenters. The number of halogens is 1. The van der Waals surface area contributed by atoms with Crippen LogP contribution in [-0.4, -0.2) is 31.3 Å². The van der Waals surface area contributed by atoms with E-state index in [0.717, 1.165) is 35.4 Å². The molecule has 1 aromatic rings. The van der Waals surface area contributed by atoms with Crippen LogP contribution < -0.4 is 0 Å². The lowest BCUT2D eigenvalue weighted by atomic mass is 9.71. The van der Waals surface area contributed by atoms with E-state index in [1.807, 2.05) is 6.92 Å². The molecule has 0 radical (unpaired) electrons. The molecule has 21 heavy (non-hydrogen) atoms. The van der Waals surface area contributed by atoms with E-state index >= 15 is 0 Å². The van der Waals surface area contributed by atoms with Crippen molar-refractivity contribution in [2.75, 3.05) is 20.6 Å². The summed E-state index contributed by atoms with van der Waals surface area (Å²) in [5.41, 5.74) is 2.40. The maximum atomic E-state index is 12.9. The molecule has 0 N–H and O–H groups in total. The minimum Gasteiger partial charge on any atom is -0.453 e. The average molecular weight is 354 g/mol. The van der Waals surface area contributed by atoms with Gasteiger partial charge >= 0.3 is 0 Å². The van der Waals surface area contributed by atoms with Crippen molar-refractivity contribution in [2.24, 2.45) is 11.3 Å². The van der Waals surface area contributed by atoms with Crippen molar-refractivity contribution in [2.45, 2.75) is 34.1 Å². The molecule has 0 unspecified atom stereocenters. The van der Waals surface area contributed by atoms with Gasteiger partial charge in [-0.05, 0) is 42.9 Å². The lowest BCUT2D eigenvalue weighted by Gasteiger charge is -2.32. The Kier molecular flexibility index (Phi) is 4.50. The molecule has 1 heterocycles. The van der Waals surface area contributed by atoms with E-state index in [1.54, 1.807) is 0 Å². The molecule has 116 valence electrons. The lowest BCUT2D eigenvalue weighted by molar-refractivity contribution is 0.0988. The number of rotatable bonds is 3. The Bertz CT molecular complexity index is 596. The molecule has 1 aromatic heterocycles. The molecule has 0 fully saturated rings. The number of carbonyl (C=O) groups excluding carboxylic acids is 1. The number of Topliss-reactive ketones (excluding diaryl/α,β-unsaturated/α-hetero) is 1. The van der Waals surface area contributed by atoms with Crippen molar-refractivity contribution in [3.8, 4) is 0 Å². The third-order valence-electron chi connectivity index (χ3n) is 4.07. The maximum Gasteiger partial charge on any atom is 0.193 e. The molecule has 0 saturated carbocycles. The number of furan rings is 1. The second-order valence-corrected chi connectivity index (χ2v) is 7.73. The first-order valence-electron chi connectivity index (χ1n) is 7.33. The van der Waals surface area contributed by atoms with Crippen LogP contribution in [-0.2, 0) is 6.42 Å². The van der Waals surface area contributed by atoms with E-state index in [-0.39, 0.29) is 11.2 Å². The van der Waals surface area contributed by atoms with Crippen molar-refractivity contribution >= 4 is 21.7 Å². The minimum atomic E-state index is -0.186. The zero-order valence-electron chi connectivity index (χ0n) is 13.7. The summed E-state index contributed by atoms with van der Waals surface area (Å²) in [6.07, 6.45) is 2.91. The number of carbonyl (C=O) groups is 1. The standard InChI is InChI=1S/C17H24BrNO2/c1-10(9-19(5)6)7-12-15(20)14-11(2)16(18)21-13(14)8-17(12,3)4/h7,10H,8-9H2,1-6H3/b12-7-/t10-/m0/s1. The van der Waals surface area contributed by atoms with Gasteiger partial charge in [0.1, 0.15) is 5.76 Å². The van der Waals surface area contributed by atoms with Gasteiger partial charge in [-0.15, -0.1) is 0 Å². The highest BCUT2D eigenvalue weighted by Gasteiger charge is 2.40. The summed E-state index contributed by atoms with van der Waals surface area (Å²) in [7, 11) is 4.11. The summed E-state index contributed by atoms with van der Waals surface area (Å²) in [5.74, 6) is 1.28. The summed E-state index contributed by atoms with van der Waals surface area (Å²) < 4.78 is 6.40. The average Bonchev–Trinajstić information content (AvgIpc) is 2.58. The van der Waals surface area contributed by atoms with Gasteiger partial charge in [0.05, 0.1) is 5.56 Å². The molecule has 0 spiro atoms.